The molecule has 0 saturated carbocycles. The Balaban J connectivity index is 4.09. The number of rotatable bonds is 14. The fourth-order valence-electron chi connectivity index (χ4n) is 2.98. The number of unbranched alkanes of at least 4 members (excludes halogenated alkanes) is 6. The lowest BCUT2D eigenvalue weighted by molar-refractivity contribution is -0.915. The fraction of sp³-hybridized carbons (Fsp3) is 1.00. The van der Waals surface area contributed by atoms with Crippen LogP contribution in [-0.2, 0) is 0 Å². The van der Waals surface area contributed by atoms with E-state index in [1.807, 2.05) is 13.8 Å². The third kappa shape index (κ3) is 11.1. The molecule has 0 aromatic heterocycles. The molecule has 0 heterocycles. The largest absolute Gasteiger partial charge is 0.387 e. The van der Waals surface area contributed by atoms with Crippen LogP contribution in [0.5, 0.6) is 0 Å². The van der Waals surface area contributed by atoms with E-state index >= 15 is 0 Å². The van der Waals surface area contributed by atoms with Crippen LogP contribution in [0.2, 0.25) is 0 Å². The van der Waals surface area contributed by atoms with Crippen LogP contribution in [0.4, 0.5) is 0 Å². The molecule has 21 heavy (non-hydrogen) atoms. The maximum Gasteiger partial charge on any atom is 0.105 e. The molecule has 0 fully saturated rings. The highest BCUT2D eigenvalue weighted by atomic mass is 16.3. The van der Waals surface area contributed by atoms with E-state index in [1.54, 1.807) is 0 Å². The highest BCUT2D eigenvalue weighted by molar-refractivity contribution is 4.57. The average molecular weight is 303 g/mol. The van der Waals surface area contributed by atoms with Crippen LogP contribution in [0.1, 0.15) is 78.6 Å². The van der Waals surface area contributed by atoms with E-state index in [0.29, 0.717) is 0 Å². The summed E-state index contributed by atoms with van der Waals surface area (Å²) in [5.41, 5.74) is 0. The highest BCUT2D eigenvalue weighted by Gasteiger charge is 2.27. The monoisotopic (exact) mass is 302 g/mol. The fourth-order valence-corrected chi connectivity index (χ4v) is 2.98. The van der Waals surface area contributed by atoms with E-state index < -0.39 is 0 Å². The lowest BCUT2D eigenvalue weighted by Crippen LogP contribution is -2.53. The maximum atomic E-state index is 9.98. The normalized spacial score (nSPS) is 17.4. The first-order valence-electron chi connectivity index (χ1n) is 9.17. The van der Waals surface area contributed by atoms with Crippen molar-refractivity contribution in [2.45, 2.75) is 90.8 Å². The second kappa shape index (κ2) is 12.4. The van der Waals surface area contributed by atoms with Crippen molar-refractivity contribution in [2.75, 3.05) is 26.7 Å². The van der Waals surface area contributed by atoms with Crippen LogP contribution in [0.25, 0.3) is 0 Å². The first-order chi connectivity index (χ1) is 9.97. The Morgan fingerprint density at radius 1 is 0.714 bits per heavy atom. The molecule has 2 N–H and O–H groups in total. The van der Waals surface area contributed by atoms with Crippen molar-refractivity contribution >= 4 is 0 Å². The molecule has 0 bridgehead atoms. The van der Waals surface area contributed by atoms with Gasteiger partial charge in [-0.2, -0.15) is 0 Å². The Bertz CT molecular complexity index is 221. The summed E-state index contributed by atoms with van der Waals surface area (Å²) in [6.07, 6.45) is 10.3. The Morgan fingerprint density at radius 2 is 1.14 bits per heavy atom. The van der Waals surface area contributed by atoms with Gasteiger partial charge in [-0.3, -0.25) is 0 Å². The van der Waals surface area contributed by atoms with Gasteiger partial charge in [0.15, 0.2) is 0 Å². The number of quaternary nitrogens is 1. The van der Waals surface area contributed by atoms with Gasteiger partial charge in [-0.1, -0.05) is 52.9 Å². The Morgan fingerprint density at radius 3 is 1.57 bits per heavy atom. The van der Waals surface area contributed by atoms with Crippen LogP contribution in [-0.4, -0.2) is 53.6 Å². The molecule has 3 nitrogen and oxygen atoms in total. The van der Waals surface area contributed by atoms with Gasteiger partial charge in [-0.25, -0.2) is 0 Å². The zero-order valence-electron chi connectivity index (χ0n) is 15.0. The zero-order chi connectivity index (χ0) is 16.1. The third-order valence-corrected chi connectivity index (χ3v) is 4.55. The summed E-state index contributed by atoms with van der Waals surface area (Å²) in [6, 6.07) is 0. The van der Waals surface area contributed by atoms with Crippen LogP contribution in [0, 0.1) is 0 Å². The van der Waals surface area contributed by atoms with Crippen LogP contribution < -0.4 is 0 Å². The zero-order valence-corrected chi connectivity index (χ0v) is 15.0. The number of nitrogens with zero attached hydrogens (tertiary/aromatic N) is 1. The van der Waals surface area contributed by atoms with Gasteiger partial charge in [0.1, 0.15) is 25.3 Å². The van der Waals surface area contributed by atoms with Crippen molar-refractivity contribution in [2.24, 2.45) is 0 Å². The molecule has 0 aromatic rings. The lowest BCUT2D eigenvalue weighted by Gasteiger charge is -2.37. The lowest BCUT2D eigenvalue weighted by atomic mass is 10.1. The van der Waals surface area contributed by atoms with E-state index in [0.717, 1.165) is 37.0 Å². The average Bonchev–Trinajstić information content (AvgIpc) is 2.45. The molecule has 2 unspecified atom stereocenters. The van der Waals surface area contributed by atoms with E-state index in [9.17, 15) is 10.2 Å². The summed E-state index contributed by atoms with van der Waals surface area (Å²) < 4.78 is 0.805. The predicted octanol–water partition coefficient (Wildman–Crippen LogP) is 3.73. The SMILES string of the molecule is CCCCCCCCC[N+](C)(CC(O)CC)CC(O)CC. The molecule has 0 rings (SSSR count). The standard InChI is InChI=1S/C18H40NO2/c1-5-8-9-10-11-12-13-14-19(4,15-17(20)6-2)16-18(21)7-3/h17-18,20-21H,5-16H2,1-4H3/q+1. The van der Waals surface area contributed by atoms with Crippen LogP contribution in [0.15, 0.2) is 0 Å². The van der Waals surface area contributed by atoms with Gasteiger partial charge in [0.2, 0.25) is 0 Å². The van der Waals surface area contributed by atoms with Gasteiger partial charge in [-0.05, 0) is 25.7 Å². The predicted molar refractivity (Wildman–Crippen MR) is 91.4 cm³/mol. The Kier molecular flexibility index (Phi) is 12.4. The summed E-state index contributed by atoms with van der Waals surface area (Å²) >= 11 is 0. The molecule has 128 valence electrons. The molecule has 0 saturated heterocycles. The maximum absolute atomic E-state index is 9.98. The molecule has 0 aliphatic rings. The molecule has 0 spiro atoms. The summed E-state index contributed by atoms with van der Waals surface area (Å²) in [7, 11) is 2.19. The summed E-state index contributed by atoms with van der Waals surface area (Å²) in [4.78, 5) is 0. The van der Waals surface area contributed by atoms with Gasteiger partial charge >= 0.3 is 0 Å². The van der Waals surface area contributed by atoms with Gasteiger partial charge in [-0.15, -0.1) is 0 Å². The first kappa shape index (κ1) is 20.9. The molecular formula is C18H40NO2+. The number of aliphatic hydroxyl groups excluding tert-OH is 2. The second-order valence-corrected chi connectivity index (χ2v) is 6.95. The van der Waals surface area contributed by atoms with E-state index in [1.165, 1.54) is 44.9 Å². The van der Waals surface area contributed by atoms with Crippen molar-refractivity contribution in [3.8, 4) is 0 Å². The molecular weight excluding hydrogens is 262 g/mol. The quantitative estimate of drug-likeness (QED) is 0.379. The molecule has 0 amide bonds. The van der Waals surface area contributed by atoms with Crippen molar-refractivity contribution in [1.82, 2.24) is 0 Å². The molecule has 0 aliphatic heterocycles. The van der Waals surface area contributed by atoms with Crippen molar-refractivity contribution < 1.29 is 14.7 Å². The van der Waals surface area contributed by atoms with Crippen molar-refractivity contribution in [1.29, 1.82) is 0 Å². The second-order valence-electron chi connectivity index (χ2n) is 6.95. The van der Waals surface area contributed by atoms with Gasteiger partial charge in [0.05, 0.1) is 13.6 Å². The minimum atomic E-state index is -0.247. The van der Waals surface area contributed by atoms with Gasteiger partial charge in [0.25, 0.3) is 0 Å². The summed E-state index contributed by atoms with van der Waals surface area (Å²) in [5, 5.41) is 20.0. The number of hydrogen-bond donors (Lipinski definition) is 2. The summed E-state index contributed by atoms with van der Waals surface area (Å²) in [6.45, 7) is 8.91. The van der Waals surface area contributed by atoms with Gasteiger partial charge < -0.3 is 14.7 Å². The van der Waals surface area contributed by atoms with Crippen molar-refractivity contribution in [3.63, 3.8) is 0 Å². The summed E-state index contributed by atoms with van der Waals surface area (Å²) in [5.74, 6) is 0. The van der Waals surface area contributed by atoms with Gasteiger partial charge in [0, 0.05) is 0 Å². The third-order valence-electron chi connectivity index (χ3n) is 4.55. The number of likely N-dealkylation sites (N-methyl/N-ethyl adjacent to an activating group) is 1. The Hall–Kier alpha value is -0.120. The van der Waals surface area contributed by atoms with E-state index in [2.05, 4.69) is 14.0 Å². The van der Waals surface area contributed by atoms with Crippen molar-refractivity contribution in [3.05, 3.63) is 0 Å². The van der Waals surface area contributed by atoms with E-state index in [4.69, 9.17) is 0 Å². The molecule has 0 aromatic carbocycles. The highest BCUT2D eigenvalue weighted by Crippen LogP contribution is 2.14. The molecule has 2 atom stereocenters. The first-order valence-corrected chi connectivity index (χ1v) is 9.17. The Labute approximate surface area is 133 Å². The minimum absolute atomic E-state index is 0.247. The molecule has 3 heteroatoms. The number of aliphatic hydroxyl groups is 2. The molecule has 0 aliphatic carbocycles. The van der Waals surface area contributed by atoms with E-state index in [-0.39, 0.29) is 12.2 Å². The molecule has 0 radical (unpaired) electrons. The minimum Gasteiger partial charge on any atom is -0.387 e. The smallest absolute Gasteiger partial charge is 0.105 e. The van der Waals surface area contributed by atoms with Crippen LogP contribution >= 0.6 is 0 Å². The number of hydrogen-bond acceptors (Lipinski definition) is 2. The van der Waals surface area contributed by atoms with Crippen LogP contribution in [0.3, 0.4) is 0 Å². The topological polar surface area (TPSA) is 40.5 Å².